The lowest BCUT2D eigenvalue weighted by Crippen LogP contribution is -2.05. The number of hydrogen-bond acceptors (Lipinski definition) is 3. The Kier molecular flexibility index (Phi) is 4.11. The maximum absolute atomic E-state index is 6.25. The molecule has 0 aliphatic rings. The zero-order valence-electron chi connectivity index (χ0n) is 19.7. The average molecular weight is 471 g/mol. The van der Waals surface area contributed by atoms with Gasteiger partial charge in [0.05, 0.1) is 27.8 Å². The normalized spacial score (nSPS) is 11.9. The van der Waals surface area contributed by atoms with Gasteiger partial charge >= 0.3 is 0 Å². The molecule has 4 heterocycles. The van der Waals surface area contributed by atoms with Crippen molar-refractivity contribution in [3.63, 3.8) is 0 Å². The third-order valence-electron chi connectivity index (χ3n) is 7.07. The maximum Gasteiger partial charge on any atom is 0.235 e. The first-order valence-corrected chi connectivity index (χ1v) is 12.2. The number of rotatable bonds is 2. The van der Waals surface area contributed by atoms with Gasteiger partial charge in [0.15, 0.2) is 5.65 Å². The fourth-order valence-electron chi connectivity index (χ4n) is 5.42. The smallest absolute Gasteiger partial charge is 0.235 e. The van der Waals surface area contributed by atoms with E-state index in [1.807, 2.05) is 72.8 Å². The van der Waals surface area contributed by atoms with E-state index in [0.29, 0.717) is 11.4 Å². The molecule has 4 aromatic heterocycles. The molecule has 8 aromatic rings. The Morgan fingerprint density at radius 1 is 0.595 bits per heavy atom. The lowest BCUT2D eigenvalue weighted by molar-refractivity contribution is 1.01. The second-order valence-corrected chi connectivity index (χ2v) is 9.24. The Hall–Kier alpha value is -4.97. The lowest BCUT2D eigenvalue weighted by atomic mass is 9.94. The molecule has 8 rings (SSSR count). The van der Waals surface area contributed by atoms with Gasteiger partial charge in [0.25, 0.3) is 0 Å². The van der Waals surface area contributed by atoms with Gasteiger partial charge in [0.2, 0.25) is 5.95 Å². The van der Waals surface area contributed by atoms with Crippen LogP contribution in [0.5, 0.6) is 0 Å². The van der Waals surface area contributed by atoms with Crippen LogP contribution in [0, 0.1) is 0 Å². The van der Waals surface area contributed by atoms with Crippen molar-refractivity contribution < 1.29 is 0 Å². The summed E-state index contributed by atoms with van der Waals surface area (Å²) in [6, 6.07) is 34.7. The first-order valence-electron chi connectivity index (χ1n) is 12.2. The second-order valence-electron chi connectivity index (χ2n) is 9.24. The van der Waals surface area contributed by atoms with E-state index in [0.717, 1.165) is 60.6 Å². The zero-order valence-corrected chi connectivity index (χ0v) is 19.7. The number of nitrogens with zero attached hydrogens (tertiary/aromatic N) is 5. The van der Waals surface area contributed by atoms with Crippen molar-refractivity contribution in [1.29, 1.82) is 0 Å². The highest BCUT2D eigenvalue weighted by Gasteiger charge is 2.20. The molecule has 0 aliphatic carbocycles. The Morgan fingerprint density at radius 3 is 2.27 bits per heavy atom. The Morgan fingerprint density at radius 2 is 1.38 bits per heavy atom. The minimum absolute atomic E-state index is 0.600. The summed E-state index contributed by atoms with van der Waals surface area (Å²) in [4.78, 5) is 15.3. The highest BCUT2D eigenvalue weighted by atomic mass is 15.2. The molecule has 0 bridgehead atoms. The molecule has 4 aromatic carbocycles. The highest BCUT2D eigenvalue weighted by Crippen LogP contribution is 2.35. The van der Waals surface area contributed by atoms with Crippen molar-refractivity contribution in [3.05, 3.63) is 109 Å². The number of hydrogen-bond donors (Lipinski definition) is 0. The van der Waals surface area contributed by atoms with Crippen molar-refractivity contribution in [1.82, 2.24) is 23.9 Å². The van der Waals surface area contributed by atoms with Crippen molar-refractivity contribution in [2.45, 2.75) is 0 Å². The first-order chi connectivity index (χ1) is 18.3. The van der Waals surface area contributed by atoms with E-state index < -0.39 is 0 Å². The Labute approximate surface area is 213 Å². The largest absolute Gasteiger partial charge is 0.298 e. The van der Waals surface area contributed by atoms with Gasteiger partial charge in [0, 0.05) is 27.9 Å². The molecule has 0 atom stereocenters. The predicted molar refractivity (Wildman–Crippen MR) is 151 cm³/mol. The number of imidazole rings is 1. The number of aromatic nitrogens is 5. The lowest BCUT2D eigenvalue weighted by Gasteiger charge is -2.12. The molecular formula is C31H18BN5. The van der Waals surface area contributed by atoms with Crippen LogP contribution >= 0.6 is 0 Å². The highest BCUT2D eigenvalue weighted by molar-refractivity contribution is 6.34. The summed E-state index contributed by atoms with van der Waals surface area (Å²) in [7, 11) is 6.25. The molecule has 0 fully saturated rings. The Bertz CT molecular complexity index is 2160. The molecular weight excluding hydrogens is 453 g/mol. The van der Waals surface area contributed by atoms with Gasteiger partial charge in [-0.2, -0.15) is 0 Å². The van der Waals surface area contributed by atoms with Crippen molar-refractivity contribution in [2.24, 2.45) is 0 Å². The Balaban J connectivity index is 1.57. The van der Waals surface area contributed by atoms with Crippen LogP contribution < -0.4 is 5.46 Å². The predicted octanol–water partition coefficient (Wildman–Crippen LogP) is 5.99. The molecule has 0 spiro atoms. The monoisotopic (exact) mass is 471 g/mol. The van der Waals surface area contributed by atoms with E-state index in [1.165, 1.54) is 0 Å². The van der Waals surface area contributed by atoms with Gasteiger partial charge in [0.1, 0.15) is 13.4 Å². The van der Waals surface area contributed by atoms with Crippen LogP contribution in [0.25, 0.3) is 66.6 Å². The maximum atomic E-state index is 6.25. The molecule has 5 nitrogen and oxygen atoms in total. The quantitative estimate of drug-likeness (QED) is 0.291. The minimum Gasteiger partial charge on any atom is -0.298 e. The van der Waals surface area contributed by atoms with Crippen LogP contribution in [0.1, 0.15) is 0 Å². The van der Waals surface area contributed by atoms with Crippen LogP contribution in [-0.4, -0.2) is 31.8 Å². The van der Waals surface area contributed by atoms with Gasteiger partial charge < -0.3 is 0 Å². The first kappa shape index (κ1) is 20.2. The van der Waals surface area contributed by atoms with Crippen molar-refractivity contribution in [3.8, 4) is 17.2 Å². The third-order valence-corrected chi connectivity index (χ3v) is 7.07. The van der Waals surface area contributed by atoms with Crippen LogP contribution in [0.2, 0.25) is 0 Å². The van der Waals surface area contributed by atoms with Gasteiger partial charge in [-0.05, 0) is 30.3 Å². The van der Waals surface area contributed by atoms with Gasteiger partial charge in [-0.3, -0.25) is 8.97 Å². The van der Waals surface area contributed by atoms with Crippen LogP contribution in [-0.2, 0) is 0 Å². The summed E-state index contributed by atoms with van der Waals surface area (Å²) >= 11 is 0. The minimum atomic E-state index is 0.600. The fraction of sp³-hybridized carbons (Fsp3) is 0. The molecule has 0 saturated heterocycles. The molecule has 0 saturated carbocycles. The van der Waals surface area contributed by atoms with Crippen molar-refractivity contribution in [2.75, 3.05) is 0 Å². The van der Waals surface area contributed by atoms with Gasteiger partial charge in [-0.25, -0.2) is 15.0 Å². The van der Waals surface area contributed by atoms with E-state index in [-0.39, 0.29) is 0 Å². The molecule has 2 radical (unpaired) electrons. The summed E-state index contributed by atoms with van der Waals surface area (Å²) in [5.74, 6) is 0.600. The molecule has 37 heavy (non-hydrogen) atoms. The summed E-state index contributed by atoms with van der Waals surface area (Å²) in [6.45, 7) is 0. The van der Waals surface area contributed by atoms with Crippen molar-refractivity contribution >= 4 is 62.7 Å². The molecule has 170 valence electrons. The summed E-state index contributed by atoms with van der Waals surface area (Å²) in [6.07, 6.45) is 2.08. The topological polar surface area (TPSA) is 48.0 Å². The molecule has 0 amide bonds. The fourth-order valence-corrected chi connectivity index (χ4v) is 5.42. The molecule has 0 unspecified atom stereocenters. The third kappa shape index (κ3) is 2.90. The van der Waals surface area contributed by atoms with E-state index >= 15 is 0 Å². The van der Waals surface area contributed by atoms with Crippen LogP contribution in [0.3, 0.4) is 0 Å². The second kappa shape index (κ2) is 7.52. The SMILES string of the molecule is [B]c1ccc2c(c1)c1ccn3c4ccccc4nc3c1n2-c1nc(-c2ccccc2)c2ccccc2n1. The summed E-state index contributed by atoms with van der Waals surface area (Å²) in [5, 5.41) is 3.12. The van der Waals surface area contributed by atoms with E-state index in [9.17, 15) is 0 Å². The van der Waals surface area contributed by atoms with Crippen LogP contribution in [0.15, 0.2) is 109 Å². The van der Waals surface area contributed by atoms with Gasteiger partial charge in [-0.1, -0.05) is 78.3 Å². The molecule has 6 heteroatoms. The summed E-state index contributed by atoms with van der Waals surface area (Å²) in [5.41, 5.74) is 8.33. The average Bonchev–Trinajstić information content (AvgIpc) is 3.48. The van der Waals surface area contributed by atoms with E-state index in [2.05, 4.69) is 45.5 Å². The van der Waals surface area contributed by atoms with Gasteiger partial charge in [-0.15, -0.1) is 0 Å². The number of fused-ring (bicyclic) bond motifs is 8. The zero-order chi connectivity index (χ0) is 24.5. The molecule has 0 N–H and O–H groups in total. The van der Waals surface area contributed by atoms with Crippen LogP contribution in [0.4, 0.5) is 0 Å². The number of pyridine rings is 1. The van der Waals surface area contributed by atoms with E-state index in [4.69, 9.17) is 22.8 Å². The standard InChI is InChI=1S/C31H18BN5/c32-20-14-15-26-23(18-20)21-16-17-36-27-13-7-6-12-25(27)33-30(36)29(21)37(26)31-34-24-11-5-4-10-22(24)28(35-31)19-8-2-1-3-9-19/h1-18H. The molecule has 0 aliphatic heterocycles. The summed E-state index contributed by atoms with van der Waals surface area (Å²) < 4.78 is 4.26. The number of benzene rings is 4. The van der Waals surface area contributed by atoms with E-state index in [1.54, 1.807) is 0 Å². The number of para-hydroxylation sites is 3.